The van der Waals surface area contributed by atoms with Gasteiger partial charge in [0.2, 0.25) is 5.91 Å². The molecule has 0 aromatic rings. The molecule has 0 spiro atoms. The van der Waals surface area contributed by atoms with Crippen LogP contribution in [0.4, 0.5) is 4.79 Å². The zero-order valence-electron chi connectivity index (χ0n) is 5.73. The number of rotatable bonds is 0. The van der Waals surface area contributed by atoms with Crippen molar-refractivity contribution in [1.82, 2.24) is 4.90 Å². The van der Waals surface area contributed by atoms with Gasteiger partial charge >= 0.3 is 6.09 Å². The highest BCUT2D eigenvalue weighted by Crippen LogP contribution is 2.32. The zero-order chi connectivity index (χ0) is 8.01. The van der Waals surface area contributed by atoms with Crippen molar-refractivity contribution in [3.63, 3.8) is 0 Å². The summed E-state index contributed by atoms with van der Waals surface area (Å²) in [6, 6.07) is -0.190. The molecule has 1 N–H and O–H groups in total. The Bertz CT molecular complexity index is 258. The van der Waals surface area contributed by atoms with E-state index in [1.165, 1.54) is 0 Å². The normalized spacial score (nSPS) is 33.5. The predicted octanol–water partition coefficient (Wildman–Crippen LogP) is 0.451. The SMILES string of the molecule is O=C(O)N1C(=O)[C@H]2C=CC1C2. The minimum absolute atomic E-state index is 0.170. The number of carbonyl (C=O) groups excluding carboxylic acids is 1. The Kier molecular flexibility index (Phi) is 1.07. The fraction of sp³-hybridized carbons (Fsp3) is 0.429. The molecule has 1 unspecified atom stereocenters. The smallest absolute Gasteiger partial charge is 0.414 e. The summed E-state index contributed by atoms with van der Waals surface area (Å²) in [4.78, 5) is 22.5. The van der Waals surface area contributed by atoms with E-state index in [1.807, 2.05) is 0 Å². The van der Waals surface area contributed by atoms with Gasteiger partial charge in [0.1, 0.15) is 0 Å². The van der Waals surface area contributed by atoms with Crippen LogP contribution in [0.5, 0.6) is 0 Å². The Hall–Kier alpha value is -1.32. The molecule has 1 saturated heterocycles. The summed E-state index contributed by atoms with van der Waals surface area (Å²) in [5.41, 5.74) is 0. The van der Waals surface area contributed by atoms with E-state index in [2.05, 4.69) is 0 Å². The molecule has 1 fully saturated rings. The highest BCUT2D eigenvalue weighted by Gasteiger charge is 2.44. The van der Waals surface area contributed by atoms with Crippen molar-refractivity contribution < 1.29 is 14.7 Å². The Morgan fingerprint density at radius 2 is 2.36 bits per heavy atom. The third kappa shape index (κ3) is 0.691. The minimum Gasteiger partial charge on any atom is -0.465 e. The van der Waals surface area contributed by atoms with Crippen molar-refractivity contribution in [3.05, 3.63) is 12.2 Å². The van der Waals surface area contributed by atoms with Crippen molar-refractivity contribution >= 4 is 12.0 Å². The van der Waals surface area contributed by atoms with Crippen molar-refractivity contribution in [2.45, 2.75) is 12.5 Å². The lowest BCUT2D eigenvalue weighted by atomic mass is 10.1. The molecule has 0 saturated carbocycles. The van der Waals surface area contributed by atoms with E-state index in [4.69, 9.17) is 5.11 Å². The van der Waals surface area contributed by atoms with Gasteiger partial charge in [0.25, 0.3) is 0 Å². The molecule has 2 aliphatic rings. The summed E-state index contributed by atoms with van der Waals surface area (Å²) < 4.78 is 0. The summed E-state index contributed by atoms with van der Waals surface area (Å²) in [6.07, 6.45) is 3.07. The number of amides is 2. The summed E-state index contributed by atoms with van der Waals surface area (Å²) in [5, 5.41) is 8.58. The van der Waals surface area contributed by atoms with Crippen molar-refractivity contribution in [2.24, 2.45) is 5.92 Å². The summed E-state index contributed by atoms with van der Waals surface area (Å²) >= 11 is 0. The van der Waals surface area contributed by atoms with Crippen molar-refractivity contribution in [1.29, 1.82) is 0 Å². The van der Waals surface area contributed by atoms with Crippen LogP contribution in [-0.2, 0) is 4.79 Å². The molecule has 0 radical (unpaired) electrons. The van der Waals surface area contributed by atoms with Crippen LogP contribution in [0.2, 0.25) is 0 Å². The first kappa shape index (κ1) is 6.39. The molecule has 1 heterocycles. The Balaban J connectivity index is 2.32. The van der Waals surface area contributed by atoms with Gasteiger partial charge in [-0.3, -0.25) is 4.79 Å². The van der Waals surface area contributed by atoms with E-state index in [0.29, 0.717) is 6.42 Å². The molecule has 11 heavy (non-hydrogen) atoms. The van der Waals surface area contributed by atoms with Crippen LogP contribution in [0.15, 0.2) is 12.2 Å². The van der Waals surface area contributed by atoms with Crippen LogP contribution < -0.4 is 0 Å². The quantitative estimate of drug-likeness (QED) is 0.514. The zero-order valence-corrected chi connectivity index (χ0v) is 5.73. The lowest BCUT2D eigenvalue weighted by molar-refractivity contribution is -0.128. The lowest BCUT2D eigenvalue weighted by Crippen LogP contribution is -2.38. The van der Waals surface area contributed by atoms with Gasteiger partial charge in [-0.1, -0.05) is 12.2 Å². The van der Waals surface area contributed by atoms with Crippen LogP contribution in [0.1, 0.15) is 6.42 Å². The number of hydrogen-bond donors (Lipinski definition) is 1. The topological polar surface area (TPSA) is 57.6 Å². The van der Waals surface area contributed by atoms with Gasteiger partial charge in [0.15, 0.2) is 0 Å². The second-order valence-corrected chi connectivity index (χ2v) is 2.79. The average molecular weight is 153 g/mol. The van der Waals surface area contributed by atoms with Crippen LogP contribution in [0.3, 0.4) is 0 Å². The van der Waals surface area contributed by atoms with Crippen LogP contribution in [0, 0.1) is 5.92 Å². The number of nitrogens with zero attached hydrogens (tertiary/aromatic N) is 1. The molecule has 58 valence electrons. The van der Waals surface area contributed by atoms with Gasteiger partial charge in [-0.15, -0.1) is 0 Å². The molecule has 2 bridgehead atoms. The van der Waals surface area contributed by atoms with E-state index in [0.717, 1.165) is 4.90 Å². The highest BCUT2D eigenvalue weighted by molar-refractivity contribution is 5.97. The molecule has 1 aliphatic carbocycles. The van der Waals surface area contributed by atoms with Gasteiger partial charge in [0.05, 0.1) is 12.0 Å². The number of imide groups is 1. The first-order valence-electron chi connectivity index (χ1n) is 3.44. The molecule has 4 heteroatoms. The van der Waals surface area contributed by atoms with Crippen LogP contribution in [0.25, 0.3) is 0 Å². The van der Waals surface area contributed by atoms with E-state index in [1.54, 1.807) is 12.2 Å². The summed E-state index contributed by atoms with van der Waals surface area (Å²) in [7, 11) is 0. The largest absolute Gasteiger partial charge is 0.465 e. The number of carboxylic acid groups (broad SMARTS) is 1. The van der Waals surface area contributed by atoms with E-state index < -0.39 is 6.09 Å². The monoisotopic (exact) mass is 153 g/mol. The van der Waals surface area contributed by atoms with Crippen LogP contribution >= 0.6 is 0 Å². The van der Waals surface area contributed by atoms with E-state index in [-0.39, 0.29) is 17.9 Å². The first-order chi connectivity index (χ1) is 5.20. The molecule has 2 amide bonds. The van der Waals surface area contributed by atoms with Gasteiger partial charge in [-0.05, 0) is 6.42 Å². The Morgan fingerprint density at radius 1 is 1.64 bits per heavy atom. The predicted molar refractivity (Wildman–Crippen MR) is 35.9 cm³/mol. The first-order valence-corrected chi connectivity index (χ1v) is 3.44. The van der Waals surface area contributed by atoms with Gasteiger partial charge in [0, 0.05) is 0 Å². The number of fused-ring (bicyclic) bond motifs is 2. The molecular formula is C7H7NO3. The summed E-state index contributed by atoms with van der Waals surface area (Å²) in [5.74, 6) is -0.443. The standard InChI is InChI=1S/C7H7NO3/c9-6-4-1-2-5(3-4)8(6)7(10)11/h1-2,4-5H,3H2,(H,10,11)/t4-,5?/m0/s1. The molecular weight excluding hydrogens is 146 g/mol. The molecule has 4 nitrogen and oxygen atoms in total. The van der Waals surface area contributed by atoms with E-state index >= 15 is 0 Å². The van der Waals surface area contributed by atoms with Crippen LogP contribution in [-0.4, -0.2) is 28.0 Å². The highest BCUT2D eigenvalue weighted by atomic mass is 16.4. The second kappa shape index (κ2) is 1.84. The Morgan fingerprint density at radius 3 is 2.73 bits per heavy atom. The lowest BCUT2D eigenvalue weighted by Gasteiger charge is -2.17. The Labute approximate surface area is 63.1 Å². The molecule has 0 aromatic carbocycles. The summed E-state index contributed by atoms with van der Waals surface area (Å²) in [6.45, 7) is 0. The van der Waals surface area contributed by atoms with Crippen molar-refractivity contribution in [3.8, 4) is 0 Å². The van der Waals surface area contributed by atoms with E-state index in [9.17, 15) is 9.59 Å². The third-order valence-electron chi connectivity index (χ3n) is 2.15. The van der Waals surface area contributed by atoms with Gasteiger partial charge in [-0.25, -0.2) is 9.69 Å². The molecule has 2 rings (SSSR count). The fourth-order valence-corrected chi connectivity index (χ4v) is 1.63. The maximum atomic E-state index is 11.1. The molecule has 2 atom stereocenters. The number of hydrogen-bond acceptors (Lipinski definition) is 2. The van der Waals surface area contributed by atoms with Gasteiger partial charge in [-0.2, -0.15) is 0 Å². The molecule has 0 aromatic heterocycles. The maximum Gasteiger partial charge on any atom is 0.414 e. The number of likely N-dealkylation sites (tertiary alicyclic amines) is 1. The average Bonchev–Trinajstić information content (AvgIpc) is 2.44. The maximum absolute atomic E-state index is 11.1. The minimum atomic E-state index is -1.13. The second-order valence-electron chi connectivity index (χ2n) is 2.79. The molecule has 1 aliphatic heterocycles. The number of carbonyl (C=O) groups is 2. The van der Waals surface area contributed by atoms with Gasteiger partial charge < -0.3 is 5.11 Å². The third-order valence-corrected chi connectivity index (χ3v) is 2.15. The fourth-order valence-electron chi connectivity index (χ4n) is 1.63. The van der Waals surface area contributed by atoms with Crippen molar-refractivity contribution in [2.75, 3.05) is 0 Å².